The smallest absolute Gasteiger partial charge is 0.348 e. The molecule has 0 saturated carbocycles. The van der Waals surface area contributed by atoms with E-state index in [0.717, 1.165) is 11.3 Å². The van der Waals surface area contributed by atoms with Crippen molar-refractivity contribution in [3.63, 3.8) is 0 Å². The topological polar surface area (TPSA) is 59.3 Å². The molecule has 4 nitrogen and oxygen atoms in total. The van der Waals surface area contributed by atoms with E-state index in [4.69, 9.17) is 10.00 Å². The van der Waals surface area contributed by atoms with E-state index in [9.17, 15) is 4.79 Å². The average molecular weight is 257 g/mol. The summed E-state index contributed by atoms with van der Waals surface area (Å²) in [6, 6.07) is 9.28. The van der Waals surface area contributed by atoms with Crippen molar-refractivity contribution in [1.82, 2.24) is 0 Å². The number of allylic oxidation sites excluding steroid dienone is 2. The molecule has 1 rings (SSSR count). The van der Waals surface area contributed by atoms with Crippen LogP contribution in [0.5, 0.6) is 5.75 Å². The predicted molar refractivity (Wildman–Crippen MR) is 72.4 cm³/mol. The Bertz CT molecular complexity index is 548. The van der Waals surface area contributed by atoms with Gasteiger partial charge >= 0.3 is 5.97 Å². The van der Waals surface area contributed by atoms with Crippen LogP contribution in [-0.2, 0) is 9.53 Å². The summed E-state index contributed by atoms with van der Waals surface area (Å²) in [7, 11) is 2.85. The number of carbonyl (C=O) groups is 1. The quantitative estimate of drug-likeness (QED) is 0.360. The molecule has 0 radical (unpaired) electrons. The SMILES string of the molecule is COC(=O)C(C#N)=C(C)C=Cc1ccc(OC)cc1. The predicted octanol–water partition coefficient (Wildman–Crippen LogP) is 2.72. The molecule has 98 valence electrons. The monoisotopic (exact) mass is 257 g/mol. The summed E-state index contributed by atoms with van der Waals surface area (Å²) >= 11 is 0. The first kappa shape index (κ1) is 14.5. The first-order valence-electron chi connectivity index (χ1n) is 5.63. The number of ether oxygens (including phenoxy) is 2. The van der Waals surface area contributed by atoms with Gasteiger partial charge in [0.15, 0.2) is 0 Å². The molecule has 0 aromatic heterocycles. The molecule has 0 heterocycles. The zero-order chi connectivity index (χ0) is 14.3. The maximum Gasteiger partial charge on any atom is 0.348 e. The van der Waals surface area contributed by atoms with Gasteiger partial charge in [0.05, 0.1) is 14.2 Å². The van der Waals surface area contributed by atoms with E-state index in [1.807, 2.05) is 36.4 Å². The Balaban J connectivity index is 2.93. The van der Waals surface area contributed by atoms with Crippen molar-refractivity contribution in [2.75, 3.05) is 14.2 Å². The number of esters is 1. The van der Waals surface area contributed by atoms with Crippen molar-refractivity contribution < 1.29 is 14.3 Å². The van der Waals surface area contributed by atoms with Crippen molar-refractivity contribution in [3.8, 4) is 11.8 Å². The Labute approximate surface area is 112 Å². The lowest BCUT2D eigenvalue weighted by molar-refractivity contribution is -0.135. The number of carbonyl (C=O) groups excluding carboxylic acids is 1. The van der Waals surface area contributed by atoms with Gasteiger partial charge in [0.25, 0.3) is 0 Å². The minimum absolute atomic E-state index is 0.00672. The highest BCUT2D eigenvalue weighted by atomic mass is 16.5. The van der Waals surface area contributed by atoms with Crippen LogP contribution in [0.25, 0.3) is 6.08 Å². The molecule has 0 spiro atoms. The van der Waals surface area contributed by atoms with Gasteiger partial charge in [-0.2, -0.15) is 5.26 Å². The molecule has 19 heavy (non-hydrogen) atoms. The summed E-state index contributed by atoms with van der Waals surface area (Å²) in [5.41, 5.74) is 1.51. The second kappa shape index (κ2) is 7.02. The summed E-state index contributed by atoms with van der Waals surface area (Å²) in [5, 5.41) is 8.90. The van der Waals surface area contributed by atoms with E-state index < -0.39 is 5.97 Å². The maximum atomic E-state index is 11.3. The van der Waals surface area contributed by atoms with Gasteiger partial charge in [-0.25, -0.2) is 4.79 Å². The molecule has 1 aromatic rings. The molecule has 1 aromatic carbocycles. The molecule has 0 bridgehead atoms. The molecule has 4 heteroatoms. The highest BCUT2D eigenvalue weighted by Crippen LogP contribution is 2.14. The van der Waals surface area contributed by atoms with E-state index in [1.165, 1.54) is 7.11 Å². The highest BCUT2D eigenvalue weighted by Gasteiger charge is 2.10. The Hall–Kier alpha value is -2.54. The number of rotatable bonds is 4. The van der Waals surface area contributed by atoms with E-state index in [1.54, 1.807) is 20.1 Å². The molecule has 0 N–H and O–H groups in total. The van der Waals surface area contributed by atoms with Crippen LogP contribution in [0.4, 0.5) is 0 Å². The van der Waals surface area contributed by atoms with Crippen LogP contribution >= 0.6 is 0 Å². The molecule has 0 atom stereocenters. The molecular formula is C15H15NO3. The lowest BCUT2D eigenvalue weighted by Gasteiger charge is -2.00. The number of nitrogens with zero attached hydrogens (tertiary/aromatic N) is 1. The summed E-state index contributed by atoms with van der Waals surface area (Å²) in [6.45, 7) is 1.69. The van der Waals surface area contributed by atoms with Crippen molar-refractivity contribution in [3.05, 3.63) is 47.1 Å². The summed E-state index contributed by atoms with van der Waals surface area (Å²) in [6.07, 6.45) is 3.52. The normalized spacial score (nSPS) is 11.7. The molecular weight excluding hydrogens is 242 g/mol. The molecule has 0 unspecified atom stereocenters. The second-order valence-electron chi connectivity index (χ2n) is 3.77. The van der Waals surface area contributed by atoms with Gasteiger partial charge in [-0.05, 0) is 30.2 Å². The van der Waals surface area contributed by atoms with Crippen molar-refractivity contribution in [1.29, 1.82) is 5.26 Å². The van der Waals surface area contributed by atoms with Crippen LogP contribution in [0.1, 0.15) is 12.5 Å². The van der Waals surface area contributed by atoms with Crippen molar-refractivity contribution >= 4 is 12.0 Å². The summed E-state index contributed by atoms with van der Waals surface area (Å²) in [4.78, 5) is 11.3. The Morgan fingerprint density at radius 1 is 1.26 bits per heavy atom. The van der Waals surface area contributed by atoms with Crippen LogP contribution in [0, 0.1) is 11.3 Å². The fourth-order valence-electron chi connectivity index (χ4n) is 1.42. The van der Waals surface area contributed by atoms with Gasteiger partial charge in [0.1, 0.15) is 17.4 Å². The molecule has 0 aliphatic rings. The van der Waals surface area contributed by atoms with Crippen LogP contribution in [0.15, 0.2) is 41.5 Å². The van der Waals surface area contributed by atoms with Gasteiger partial charge in [-0.3, -0.25) is 0 Å². The molecule has 0 aliphatic heterocycles. The Morgan fingerprint density at radius 3 is 2.37 bits per heavy atom. The summed E-state index contributed by atoms with van der Waals surface area (Å²) in [5.74, 6) is 0.149. The zero-order valence-corrected chi connectivity index (χ0v) is 11.1. The van der Waals surface area contributed by atoms with E-state index >= 15 is 0 Å². The number of methoxy groups -OCH3 is 2. The molecule has 0 saturated heterocycles. The van der Waals surface area contributed by atoms with E-state index in [0.29, 0.717) is 5.57 Å². The first-order valence-corrected chi connectivity index (χ1v) is 5.63. The van der Waals surface area contributed by atoms with E-state index in [-0.39, 0.29) is 5.57 Å². The summed E-state index contributed by atoms with van der Waals surface area (Å²) < 4.78 is 9.60. The zero-order valence-electron chi connectivity index (χ0n) is 11.1. The van der Waals surface area contributed by atoms with Crippen LogP contribution in [0.2, 0.25) is 0 Å². The fourth-order valence-corrected chi connectivity index (χ4v) is 1.42. The van der Waals surface area contributed by atoms with Gasteiger partial charge in [0.2, 0.25) is 0 Å². The average Bonchev–Trinajstić information content (AvgIpc) is 2.46. The fraction of sp³-hybridized carbons (Fsp3) is 0.200. The third-order valence-electron chi connectivity index (χ3n) is 2.54. The number of hydrogen-bond donors (Lipinski definition) is 0. The van der Waals surface area contributed by atoms with E-state index in [2.05, 4.69) is 4.74 Å². The van der Waals surface area contributed by atoms with Gasteiger partial charge < -0.3 is 9.47 Å². The van der Waals surface area contributed by atoms with Crippen LogP contribution < -0.4 is 4.74 Å². The van der Waals surface area contributed by atoms with Crippen LogP contribution in [-0.4, -0.2) is 20.2 Å². The Kier molecular flexibility index (Phi) is 5.36. The van der Waals surface area contributed by atoms with Gasteiger partial charge in [0, 0.05) is 0 Å². The maximum absolute atomic E-state index is 11.3. The van der Waals surface area contributed by atoms with Crippen molar-refractivity contribution in [2.24, 2.45) is 0 Å². The lowest BCUT2D eigenvalue weighted by Crippen LogP contribution is -2.04. The third kappa shape index (κ3) is 4.00. The highest BCUT2D eigenvalue weighted by molar-refractivity contribution is 5.94. The molecule has 0 aliphatic carbocycles. The van der Waals surface area contributed by atoms with Gasteiger partial charge in [-0.15, -0.1) is 0 Å². The first-order chi connectivity index (χ1) is 9.12. The molecule has 0 fully saturated rings. The van der Waals surface area contributed by atoms with Crippen molar-refractivity contribution in [2.45, 2.75) is 6.92 Å². The van der Waals surface area contributed by atoms with Gasteiger partial charge in [-0.1, -0.05) is 24.3 Å². The third-order valence-corrected chi connectivity index (χ3v) is 2.54. The number of hydrogen-bond acceptors (Lipinski definition) is 4. The Morgan fingerprint density at radius 2 is 1.89 bits per heavy atom. The minimum Gasteiger partial charge on any atom is -0.497 e. The standard InChI is InChI=1S/C15H15NO3/c1-11(14(10-16)15(17)19-3)4-5-12-6-8-13(18-2)9-7-12/h4-9H,1-3H3. The largest absolute Gasteiger partial charge is 0.497 e. The lowest BCUT2D eigenvalue weighted by atomic mass is 10.1. The molecule has 0 amide bonds. The minimum atomic E-state index is -0.626. The van der Waals surface area contributed by atoms with Crippen LogP contribution in [0.3, 0.4) is 0 Å². The number of benzene rings is 1. The number of nitriles is 1. The second-order valence-corrected chi connectivity index (χ2v) is 3.77.